The molecule has 0 atom stereocenters. The van der Waals surface area contributed by atoms with E-state index in [0.29, 0.717) is 5.41 Å². The summed E-state index contributed by atoms with van der Waals surface area (Å²) in [5, 5.41) is 3.55. The van der Waals surface area contributed by atoms with Crippen molar-refractivity contribution in [3.8, 4) is 0 Å². The van der Waals surface area contributed by atoms with E-state index in [1.54, 1.807) is 0 Å². The van der Waals surface area contributed by atoms with E-state index >= 15 is 0 Å². The molecule has 1 aromatic rings. The highest BCUT2D eigenvalue weighted by Gasteiger charge is 2.44. The first-order chi connectivity index (χ1) is 8.03. The minimum atomic E-state index is 0.560. The Morgan fingerprint density at radius 3 is 2.65 bits per heavy atom. The van der Waals surface area contributed by atoms with Crippen LogP contribution in [0.15, 0.2) is 22.7 Å². The quantitative estimate of drug-likeness (QED) is 0.816. The van der Waals surface area contributed by atoms with Gasteiger partial charge in [-0.1, -0.05) is 35.8 Å². The van der Waals surface area contributed by atoms with Gasteiger partial charge >= 0.3 is 0 Å². The summed E-state index contributed by atoms with van der Waals surface area (Å²) in [6.07, 6.45) is 2.74. The highest BCUT2D eigenvalue weighted by molar-refractivity contribution is 9.10. The summed E-state index contributed by atoms with van der Waals surface area (Å²) in [4.78, 5) is 0. The van der Waals surface area contributed by atoms with Crippen molar-refractivity contribution in [3.05, 3.63) is 28.2 Å². The molecule has 0 aliphatic heterocycles. The third-order valence-electron chi connectivity index (χ3n) is 4.02. The summed E-state index contributed by atoms with van der Waals surface area (Å²) in [6, 6.07) is 6.09. The van der Waals surface area contributed by atoms with E-state index in [1.165, 1.54) is 18.4 Å². The number of anilines is 1. The van der Waals surface area contributed by atoms with Crippen LogP contribution >= 0.6 is 15.9 Å². The molecule has 1 fully saturated rings. The largest absolute Gasteiger partial charge is 0.398 e. The van der Waals surface area contributed by atoms with E-state index in [9.17, 15) is 0 Å². The highest BCUT2D eigenvalue weighted by Crippen LogP contribution is 2.51. The van der Waals surface area contributed by atoms with Gasteiger partial charge in [0.05, 0.1) is 0 Å². The van der Waals surface area contributed by atoms with E-state index in [0.717, 1.165) is 29.2 Å². The fourth-order valence-corrected chi connectivity index (χ4v) is 2.67. The van der Waals surface area contributed by atoms with Gasteiger partial charge in [0, 0.05) is 23.2 Å². The summed E-state index contributed by atoms with van der Waals surface area (Å²) in [5.74, 6) is 0.775. The summed E-state index contributed by atoms with van der Waals surface area (Å²) >= 11 is 3.42. The number of rotatable bonds is 5. The second-order valence-electron chi connectivity index (χ2n) is 5.46. The summed E-state index contributed by atoms with van der Waals surface area (Å²) in [6.45, 7) is 6.62. The lowest BCUT2D eigenvalue weighted by molar-refractivity contribution is 0.338. The Bertz CT molecular complexity index is 397. The van der Waals surface area contributed by atoms with E-state index in [1.807, 2.05) is 12.1 Å². The van der Waals surface area contributed by atoms with Crippen molar-refractivity contribution < 1.29 is 0 Å². The molecule has 17 heavy (non-hydrogen) atoms. The zero-order chi connectivity index (χ0) is 12.5. The zero-order valence-corrected chi connectivity index (χ0v) is 12.2. The van der Waals surface area contributed by atoms with Gasteiger partial charge < -0.3 is 11.1 Å². The smallest absolute Gasteiger partial charge is 0.0370 e. The van der Waals surface area contributed by atoms with Crippen LogP contribution in [0.25, 0.3) is 0 Å². The molecule has 1 aromatic carbocycles. The molecule has 0 saturated heterocycles. The van der Waals surface area contributed by atoms with Gasteiger partial charge in [0.1, 0.15) is 0 Å². The molecule has 3 heteroatoms. The van der Waals surface area contributed by atoms with Crippen molar-refractivity contribution in [1.82, 2.24) is 5.32 Å². The SMILES string of the molecule is CC(C)C1(CNCc2ccc(Br)cc2N)CC1. The molecule has 1 aliphatic rings. The number of benzene rings is 1. The molecule has 1 saturated carbocycles. The maximum atomic E-state index is 5.98. The standard InChI is InChI=1S/C14H21BrN2/c1-10(2)14(5-6-14)9-17-8-11-3-4-12(15)7-13(11)16/h3-4,7,10,17H,5-6,8-9,16H2,1-2H3. The van der Waals surface area contributed by atoms with Gasteiger partial charge in [0.25, 0.3) is 0 Å². The number of halogens is 1. The molecule has 2 rings (SSSR count). The Hall–Kier alpha value is -0.540. The van der Waals surface area contributed by atoms with E-state index in [-0.39, 0.29) is 0 Å². The van der Waals surface area contributed by atoms with Crippen molar-refractivity contribution in [2.45, 2.75) is 33.2 Å². The van der Waals surface area contributed by atoms with Gasteiger partial charge in [-0.15, -0.1) is 0 Å². The Labute approximate surface area is 112 Å². The monoisotopic (exact) mass is 296 g/mol. The average Bonchev–Trinajstić information content (AvgIpc) is 3.02. The molecule has 0 spiro atoms. The van der Waals surface area contributed by atoms with Gasteiger partial charge in [-0.25, -0.2) is 0 Å². The van der Waals surface area contributed by atoms with Crippen LogP contribution in [0.3, 0.4) is 0 Å². The minimum absolute atomic E-state index is 0.560. The Balaban J connectivity index is 1.86. The molecule has 0 amide bonds. The highest BCUT2D eigenvalue weighted by atomic mass is 79.9. The first kappa shape index (κ1) is 12.9. The van der Waals surface area contributed by atoms with Crippen molar-refractivity contribution in [2.24, 2.45) is 11.3 Å². The fourth-order valence-electron chi connectivity index (χ4n) is 2.29. The van der Waals surface area contributed by atoms with Crippen molar-refractivity contribution in [2.75, 3.05) is 12.3 Å². The molecular weight excluding hydrogens is 276 g/mol. The summed E-state index contributed by atoms with van der Waals surface area (Å²) in [7, 11) is 0. The number of nitrogens with two attached hydrogens (primary N) is 1. The van der Waals surface area contributed by atoms with Crippen LogP contribution in [-0.2, 0) is 6.54 Å². The van der Waals surface area contributed by atoms with Gasteiger partial charge in [0.15, 0.2) is 0 Å². The van der Waals surface area contributed by atoms with Crippen LogP contribution in [0.1, 0.15) is 32.3 Å². The van der Waals surface area contributed by atoms with E-state index < -0.39 is 0 Å². The van der Waals surface area contributed by atoms with Crippen molar-refractivity contribution in [3.63, 3.8) is 0 Å². The zero-order valence-electron chi connectivity index (χ0n) is 10.6. The molecule has 0 heterocycles. The Morgan fingerprint density at radius 1 is 1.41 bits per heavy atom. The lowest BCUT2D eigenvalue weighted by Crippen LogP contribution is -2.27. The van der Waals surface area contributed by atoms with E-state index in [2.05, 4.69) is 41.2 Å². The topological polar surface area (TPSA) is 38.0 Å². The summed E-state index contributed by atoms with van der Waals surface area (Å²) < 4.78 is 1.04. The molecule has 0 bridgehead atoms. The minimum Gasteiger partial charge on any atom is -0.398 e. The van der Waals surface area contributed by atoms with Crippen molar-refractivity contribution >= 4 is 21.6 Å². The molecule has 1 aliphatic carbocycles. The predicted octanol–water partition coefficient (Wildman–Crippen LogP) is 3.56. The Kier molecular flexibility index (Phi) is 3.79. The third-order valence-corrected chi connectivity index (χ3v) is 4.51. The van der Waals surface area contributed by atoms with Gasteiger partial charge in [-0.05, 0) is 41.9 Å². The second-order valence-corrected chi connectivity index (χ2v) is 6.38. The molecular formula is C14H21BrN2. The molecule has 0 unspecified atom stereocenters. The number of hydrogen-bond donors (Lipinski definition) is 2. The number of nitrogens with one attached hydrogen (secondary N) is 1. The maximum absolute atomic E-state index is 5.98. The molecule has 2 nitrogen and oxygen atoms in total. The lowest BCUT2D eigenvalue weighted by atomic mass is 9.92. The predicted molar refractivity (Wildman–Crippen MR) is 76.8 cm³/mol. The van der Waals surface area contributed by atoms with Crippen LogP contribution in [-0.4, -0.2) is 6.54 Å². The van der Waals surface area contributed by atoms with Crippen molar-refractivity contribution in [1.29, 1.82) is 0 Å². The van der Waals surface area contributed by atoms with Crippen LogP contribution in [0.4, 0.5) is 5.69 Å². The van der Waals surface area contributed by atoms with Crippen LogP contribution in [0.2, 0.25) is 0 Å². The van der Waals surface area contributed by atoms with Gasteiger partial charge in [-0.2, -0.15) is 0 Å². The second kappa shape index (κ2) is 4.99. The Morgan fingerprint density at radius 2 is 2.12 bits per heavy atom. The van der Waals surface area contributed by atoms with Crippen LogP contribution in [0.5, 0.6) is 0 Å². The van der Waals surface area contributed by atoms with Crippen LogP contribution < -0.4 is 11.1 Å². The van der Waals surface area contributed by atoms with E-state index in [4.69, 9.17) is 5.73 Å². The third kappa shape index (κ3) is 3.02. The molecule has 94 valence electrons. The fraction of sp³-hybridized carbons (Fsp3) is 0.571. The summed E-state index contributed by atoms with van der Waals surface area (Å²) in [5.41, 5.74) is 8.59. The average molecular weight is 297 g/mol. The first-order valence-electron chi connectivity index (χ1n) is 6.28. The number of nitrogen functional groups attached to an aromatic ring is 1. The molecule has 0 radical (unpaired) electrons. The molecule has 3 N–H and O–H groups in total. The van der Waals surface area contributed by atoms with Crippen LogP contribution in [0, 0.1) is 11.3 Å². The van der Waals surface area contributed by atoms with Gasteiger partial charge in [-0.3, -0.25) is 0 Å². The first-order valence-corrected chi connectivity index (χ1v) is 7.07. The molecule has 0 aromatic heterocycles. The lowest BCUT2D eigenvalue weighted by Gasteiger charge is -2.20. The normalized spacial score (nSPS) is 17.4. The maximum Gasteiger partial charge on any atom is 0.0370 e. The number of hydrogen-bond acceptors (Lipinski definition) is 2. The van der Waals surface area contributed by atoms with Gasteiger partial charge in [0.2, 0.25) is 0 Å².